The van der Waals surface area contributed by atoms with Gasteiger partial charge in [-0.25, -0.2) is 13.1 Å². The smallest absolute Gasteiger partial charge is 0.253 e. The minimum atomic E-state index is -3.54. The average molecular weight is 368 g/mol. The van der Waals surface area contributed by atoms with E-state index in [1.165, 1.54) is 12.1 Å². The predicted octanol–water partition coefficient (Wildman–Crippen LogP) is 1.79. The van der Waals surface area contributed by atoms with Crippen molar-refractivity contribution in [1.82, 2.24) is 14.5 Å². The molecule has 1 fully saturated rings. The molecule has 140 valence electrons. The first-order chi connectivity index (χ1) is 11.9. The first-order valence-electron chi connectivity index (χ1n) is 8.95. The lowest BCUT2D eigenvalue weighted by Gasteiger charge is -2.29. The lowest BCUT2D eigenvalue weighted by molar-refractivity contribution is 0.0773. The normalized spacial score (nSPS) is 18.9. The number of sulfonamides is 1. The van der Waals surface area contributed by atoms with Crippen LogP contribution in [0.2, 0.25) is 0 Å². The van der Waals surface area contributed by atoms with Crippen LogP contribution in [0.25, 0.3) is 0 Å². The maximum Gasteiger partial charge on any atom is 0.253 e. The molecule has 0 bridgehead atoms. The SMILES string of the molecule is CCN(CC)C(=O)c1ccc(S(=O)(=O)NCC2CCCN(C)C2)cc1. The zero-order valence-electron chi connectivity index (χ0n) is 15.4. The third kappa shape index (κ3) is 5.26. The summed E-state index contributed by atoms with van der Waals surface area (Å²) in [5, 5.41) is 0. The maximum absolute atomic E-state index is 12.5. The van der Waals surface area contributed by atoms with Gasteiger partial charge in [-0.3, -0.25) is 4.79 Å². The van der Waals surface area contributed by atoms with Crippen LogP contribution in [0, 0.1) is 5.92 Å². The van der Waals surface area contributed by atoms with E-state index >= 15 is 0 Å². The number of nitrogens with zero attached hydrogens (tertiary/aromatic N) is 2. The third-order valence-corrected chi connectivity index (χ3v) is 6.19. The van der Waals surface area contributed by atoms with Crippen LogP contribution in [0.1, 0.15) is 37.0 Å². The van der Waals surface area contributed by atoms with Crippen molar-refractivity contribution in [1.29, 1.82) is 0 Å². The topological polar surface area (TPSA) is 69.7 Å². The molecule has 2 rings (SSSR count). The lowest BCUT2D eigenvalue weighted by Crippen LogP contribution is -2.39. The van der Waals surface area contributed by atoms with Gasteiger partial charge in [-0.1, -0.05) is 0 Å². The number of nitrogens with one attached hydrogen (secondary N) is 1. The van der Waals surface area contributed by atoms with Gasteiger partial charge >= 0.3 is 0 Å². The van der Waals surface area contributed by atoms with Crippen molar-refractivity contribution in [2.75, 3.05) is 39.8 Å². The van der Waals surface area contributed by atoms with E-state index in [4.69, 9.17) is 0 Å². The first-order valence-corrected chi connectivity index (χ1v) is 10.4. The fourth-order valence-corrected chi connectivity index (χ4v) is 4.34. The highest BCUT2D eigenvalue weighted by Crippen LogP contribution is 2.16. The summed E-state index contributed by atoms with van der Waals surface area (Å²) in [6.07, 6.45) is 2.15. The van der Waals surface area contributed by atoms with Gasteiger partial charge in [0.2, 0.25) is 10.0 Å². The van der Waals surface area contributed by atoms with Crippen LogP contribution in [0.5, 0.6) is 0 Å². The number of hydrogen-bond acceptors (Lipinski definition) is 4. The van der Waals surface area contributed by atoms with Gasteiger partial charge in [0.25, 0.3) is 5.91 Å². The average Bonchev–Trinajstić information content (AvgIpc) is 2.61. The zero-order chi connectivity index (χ0) is 18.4. The molecule has 1 heterocycles. The molecule has 1 amide bonds. The number of carbonyl (C=O) groups excluding carboxylic acids is 1. The summed E-state index contributed by atoms with van der Waals surface area (Å²) in [7, 11) is -1.48. The number of carbonyl (C=O) groups is 1. The Balaban J connectivity index is 2.01. The minimum Gasteiger partial charge on any atom is -0.339 e. The first kappa shape index (κ1) is 19.9. The largest absolute Gasteiger partial charge is 0.339 e. The second kappa shape index (κ2) is 8.78. The van der Waals surface area contributed by atoms with E-state index in [9.17, 15) is 13.2 Å². The molecule has 1 aliphatic rings. The van der Waals surface area contributed by atoms with Crippen LogP contribution < -0.4 is 4.72 Å². The quantitative estimate of drug-likeness (QED) is 0.798. The molecule has 0 saturated carbocycles. The monoisotopic (exact) mass is 367 g/mol. The Morgan fingerprint density at radius 2 is 1.88 bits per heavy atom. The van der Waals surface area contributed by atoms with Gasteiger partial charge in [0.05, 0.1) is 4.90 Å². The van der Waals surface area contributed by atoms with Gasteiger partial charge in [0.15, 0.2) is 0 Å². The van der Waals surface area contributed by atoms with Crippen molar-refractivity contribution >= 4 is 15.9 Å². The van der Waals surface area contributed by atoms with E-state index in [0.29, 0.717) is 31.1 Å². The molecule has 25 heavy (non-hydrogen) atoms. The molecule has 1 aromatic carbocycles. The van der Waals surface area contributed by atoms with Crippen molar-refractivity contribution in [2.24, 2.45) is 5.92 Å². The second-order valence-electron chi connectivity index (χ2n) is 6.62. The van der Waals surface area contributed by atoms with E-state index in [1.807, 2.05) is 13.8 Å². The Bertz CT molecular complexity index is 669. The number of benzene rings is 1. The second-order valence-corrected chi connectivity index (χ2v) is 8.39. The molecule has 1 saturated heterocycles. The lowest BCUT2D eigenvalue weighted by atomic mass is 9.99. The molecule has 6 nitrogen and oxygen atoms in total. The van der Waals surface area contributed by atoms with Gasteiger partial charge in [-0.15, -0.1) is 0 Å². The molecule has 0 radical (unpaired) electrons. The van der Waals surface area contributed by atoms with Crippen molar-refractivity contribution in [3.05, 3.63) is 29.8 Å². The standard InChI is InChI=1S/C18H29N3O3S/c1-4-21(5-2)18(22)16-8-10-17(11-9-16)25(23,24)19-13-15-7-6-12-20(3)14-15/h8-11,15,19H,4-7,12-14H2,1-3H3. The summed E-state index contributed by atoms with van der Waals surface area (Å²) >= 11 is 0. The highest BCUT2D eigenvalue weighted by molar-refractivity contribution is 7.89. The van der Waals surface area contributed by atoms with Crippen LogP contribution in [-0.2, 0) is 10.0 Å². The Morgan fingerprint density at radius 3 is 2.44 bits per heavy atom. The zero-order valence-corrected chi connectivity index (χ0v) is 16.2. The molecule has 1 aromatic rings. The van der Waals surface area contributed by atoms with E-state index in [2.05, 4.69) is 16.7 Å². The number of amides is 1. The molecule has 0 aliphatic carbocycles. The number of rotatable bonds is 7. The summed E-state index contributed by atoms with van der Waals surface area (Å²) in [6, 6.07) is 6.19. The minimum absolute atomic E-state index is 0.0767. The van der Waals surface area contributed by atoms with Crippen LogP contribution >= 0.6 is 0 Å². The van der Waals surface area contributed by atoms with Crippen molar-refractivity contribution < 1.29 is 13.2 Å². The predicted molar refractivity (Wildman–Crippen MR) is 99.1 cm³/mol. The van der Waals surface area contributed by atoms with Gasteiger partial charge in [-0.2, -0.15) is 0 Å². The van der Waals surface area contributed by atoms with Gasteiger partial charge in [-0.05, 0) is 70.5 Å². The number of piperidine rings is 1. The summed E-state index contributed by atoms with van der Waals surface area (Å²) in [5.41, 5.74) is 0.511. The van der Waals surface area contributed by atoms with Gasteiger partial charge < -0.3 is 9.80 Å². The molecular weight excluding hydrogens is 338 g/mol. The molecule has 7 heteroatoms. The Hall–Kier alpha value is -1.44. The highest BCUT2D eigenvalue weighted by atomic mass is 32.2. The molecule has 1 aliphatic heterocycles. The van der Waals surface area contributed by atoms with E-state index < -0.39 is 10.0 Å². The highest BCUT2D eigenvalue weighted by Gasteiger charge is 2.21. The van der Waals surface area contributed by atoms with E-state index in [-0.39, 0.29) is 10.8 Å². The fourth-order valence-electron chi connectivity index (χ4n) is 3.22. The van der Waals surface area contributed by atoms with Gasteiger partial charge in [0, 0.05) is 31.7 Å². The molecule has 1 unspecified atom stereocenters. The van der Waals surface area contributed by atoms with Crippen molar-refractivity contribution in [2.45, 2.75) is 31.6 Å². The summed E-state index contributed by atoms with van der Waals surface area (Å²) < 4.78 is 27.6. The Kier molecular flexibility index (Phi) is 6.98. The van der Waals surface area contributed by atoms with Crippen LogP contribution in [0.3, 0.4) is 0 Å². The molecule has 1 atom stereocenters. The van der Waals surface area contributed by atoms with Gasteiger partial charge in [0.1, 0.15) is 0 Å². The Morgan fingerprint density at radius 1 is 1.24 bits per heavy atom. The van der Waals surface area contributed by atoms with Crippen molar-refractivity contribution in [3.63, 3.8) is 0 Å². The van der Waals surface area contributed by atoms with Crippen LogP contribution in [0.15, 0.2) is 29.2 Å². The van der Waals surface area contributed by atoms with Crippen molar-refractivity contribution in [3.8, 4) is 0 Å². The van der Waals surface area contributed by atoms with Crippen LogP contribution in [-0.4, -0.2) is 63.9 Å². The number of hydrogen-bond donors (Lipinski definition) is 1. The Labute approximate surface area is 151 Å². The summed E-state index contributed by atoms with van der Waals surface area (Å²) in [5.74, 6) is 0.268. The summed E-state index contributed by atoms with van der Waals surface area (Å²) in [6.45, 7) is 7.55. The van der Waals surface area contributed by atoms with E-state index in [1.54, 1.807) is 17.0 Å². The van der Waals surface area contributed by atoms with E-state index in [0.717, 1.165) is 25.9 Å². The summed E-state index contributed by atoms with van der Waals surface area (Å²) in [4.78, 5) is 16.4. The number of likely N-dealkylation sites (tertiary alicyclic amines) is 1. The molecular formula is C18H29N3O3S. The maximum atomic E-state index is 12.5. The molecule has 1 N–H and O–H groups in total. The molecule has 0 spiro atoms. The third-order valence-electron chi connectivity index (χ3n) is 4.75. The fraction of sp³-hybridized carbons (Fsp3) is 0.611. The van der Waals surface area contributed by atoms with Crippen LogP contribution in [0.4, 0.5) is 0 Å². The molecule has 0 aromatic heterocycles.